The summed E-state index contributed by atoms with van der Waals surface area (Å²) in [6.45, 7) is 5.84. The zero-order valence-electron chi connectivity index (χ0n) is 13.5. The van der Waals surface area contributed by atoms with E-state index >= 15 is 0 Å². The molecule has 5 nitrogen and oxygen atoms in total. The van der Waals surface area contributed by atoms with Crippen LogP contribution in [0.3, 0.4) is 0 Å². The molecule has 122 valence electrons. The average molecular weight is 332 g/mol. The van der Waals surface area contributed by atoms with Crippen LogP contribution in [0.25, 0.3) is 0 Å². The number of hydrogen-bond acceptors (Lipinski definition) is 5. The van der Waals surface area contributed by atoms with Gasteiger partial charge in [0.05, 0.1) is 17.2 Å². The van der Waals surface area contributed by atoms with Crippen LogP contribution >= 0.6 is 11.3 Å². The number of benzene rings is 1. The third kappa shape index (κ3) is 4.89. The number of nitrogens with one attached hydrogen (secondary N) is 1. The van der Waals surface area contributed by atoms with Gasteiger partial charge in [0.1, 0.15) is 5.75 Å². The highest BCUT2D eigenvalue weighted by molar-refractivity contribution is 7.17. The van der Waals surface area contributed by atoms with Crippen molar-refractivity contribution in [3.8, 4) is 5.75 Å². The van der Waals surface area contributed by atoms with Crippen molar-refractivity contribution in [3.05, 3.63) is 40.4 Å². The molecule has 0 radical (unpaired) electrons. The Hall–Kier alpha value is -2.21. The lowest BCUT2D eigenvalue weighted by Gasteiger charge is -2.05. The van der Waals surface area contributed by atoms with E-state index in [1.165, 1.54) is 18.3 Å². The summed E-state index contributed by atoms with van der Waals surface area (Å²) in [7, 11) is 0. The Kier molecular flexibility index (Phi) is 5.87. The van der Waals surface area contributed by atoms with Crippen LogP contribution in [0.5, 0.6) is 5.75 Å². The van der Waals surface area contributed by atoms with Gasteiger partial charge in [0.15, 0.2) is 10.9 Å². The van der Waals surface area contributed by atoms with Crippen LogP contribution in [0.15, 0.2) is 24.3 Å². The van der Waals surface area contributed by atoms with Crippen LogP contribution in [-0.4, -0.2) is 23.3 Å². The number of carbonyl (C=O) groups is 2. The largest absolute Gasteiger partial charge is 0.494 e. The molecule has 1 amide bonds. The van der Waals surface area contributed by atoms with Gasteiger partial charge in [-0.25, -0.2) is 4.98 Å². The zero-order chi connectivity index (χ0) is 16.8. The van der Waals surface area contributed by atoms with Crippen LogP contribution in [0.1, 0.15) is 41.2 Å². The third-order valence-corrected chi connectivity index (χ3v) is 4.41. The summed E-state index contributed by atoms with van der Waals surface area (Å²) in [6.07, 6.45) is 1.00. The monoisotopic (exact) mass is 332 g/mol. The molecule has 0 saturated heterocycles. The Balaban J connectivity index is 1.87. The number of anilines is 1. The van der Waals surface area contributed by atoms with Crippen molar-refractivity contribution in [3.63, 3.8) is 0 Å². The summed E-state index contributed by atoms with van der Waals surface area (Å²) in [5.41, 5.74) is 1.73. The second kappa shape index (κ2) is 7.87. The minimum atomic E-state index is -0.109. The molecule has 0 aliphatic carbocycles. The summed E-state index contributed by atoms with van der Waals surface area (Å²) in [5.74, 6) is 0.688. The van der Waals surface area contributed by atoms with E-state index in [0.717, 1.165) is 11.3 Å². The normalized spacial score (nSPS) is 10.4. The molecule has 2 aromatic rings. The maximum atomic E-state index is 12.0. The molecule has 1 heterocycles. The minimum absolute atomic E-state index is 0.0325. The minimum Gasteiger partial charge on any atom is -0.494 e. The first-order valence-corrected chi connectivity index (χ1v) is 8.31. The number of aryl methyl sites for hydroxylation is 2. The van der Waals surface area contributed by atoms with Gasteiger partial charge in [-0.15, -0.1) is 0 Å². The first kappa shape index (κ1) is 17.1. The number of amides is 1. The SMILES string of the molecule is CCOc1ccc(CCC(=O)Nc2nc(C)c(C(C)=O)s2)cc1. The topological polar surface area (TPSA) is 68.3 Å². The molecule has 2 rings (SSSR count). The molecule has 23 heavy (non-hydrogen) atoms. The van der Waals surface area contributed by atoms with Crippen molar-refractivity contribution in [1.29, 1.82) is 0 Å². The fourth-order valence-corrected chi connectivity index (χ4v) is 3.01. The van der Waals surface area contributed by atoms with Gasteiger partial charge in [0, 0.05) is 13.3 Å². The van der Waals surface area contributed by atoms with Gasteiger partial charge in [-0.05, 0) is 38.0 Å². The van der Waals surface area contributed by atoms with Gasteiger partial charge >= 0.3 is 0 Å². The molecule has 0 saturated carbocycles. The summed E-state index contributed by atoms with van der Waals surface area (Å²) in [4.78, 5) is 28.2. The molecule has 0 aliphatic rings. The molecular formula is C17H20N2O3S. The van der Waals surface area contributed by atoms with Gasteiger partial charge in [-0.1, -0.05) is 23.5 Å². The van der Waals surface area contributed by atoms with Gasteiger partial charge < -0.3 is 10.1 Å². The first-order valence-electron chi connectivity index (χ1n) is 7.49. The molecule has 0 atom stereocenters. The van der Waals surface area contributed by atoms with E-state index in [1.807, 2.05) is 31.2 Å². The molecule has 0 unspecified atom stereocenters. The van der Waals surface area contributed by atoms with Crippen LogP contribution in [0.4, 0.5) is 5.13 Å². The second-order valence-corrected chi connectivity index (χ2v) is 6.11. The molecular weight excluding hydrogens is 312 g/mol. The predicted octanol–water partition coefficient (Wildman–Crippen LogP) is 3.62. The van der Waals surface area contributed by atoms with Crippen molar-refractivity contribution in [2.24, 2.45) is 0 Å². The van der Waals surface area contributed by atoms with Crippen molar-refractivity contribution >= 4 is 28.2 Å². The second-order valence-electron chi connectivity index (χ2n) is 5.11. The van der Waals surface area contributed by atoms with Gasteiger partial charge in [-0.3, -0.25) is 9.59 Å². The number of nitrogens with zero attached hydrogens (tertiary/aromatic N) is 1. The average Bonchev–Trinajstić information content (AvgIpc) is 2.87. The molecule has 0 fully saturated rings. The van der Waals surface area contributed by atoms with Gasteiger partial charge in [0.25, 0.3) is 0 Å². The molecule has 1 N–H and O–H groups in total. The Labute approximate surface area is 139 Å². The Morgan fingerprint density at radius 3 is 2.52 bits per heavy atom. The fourth-order valence-electron chi connectivity index (χ4n) is 2.14. The van der Waals surface area contributed by atoms with E-state index < -0.39 is 0 Å². The number of aromatic nitrogens is 1. The lowest BCUT2D eigenvalue weighted by atomic mass is 10.1. The highest BCUT2D eigenvalue weighted by Crippen LogP contribution is 2.23. The van der Waals surface area contributed by atoms with Crippen molar-refractivity contribution in [1.82, 2.24) is 4.98 Å². The number of carbonyl (C=O) groups excluding carboxylic acids is 2. The molecule has 0 bridgehead atoms. The van der Waals surface area contributed by atoms with Crippen LogP contribution in [-0.2, 0) is 11.2 Å². The van der Waals surface area contributed by atoms with E-state index in [0.29, 0.717) is 35.2 Å². The van der Waals surface area contributed by atoms with Crippen molar-refractivity contribution < 1.29 is 14.3 Å². The van der Waals surface area contributed by atoms with E-state index in [-0.39, 0.29) is 11.7 Å². The number of thiazole rings is 1. The Bertz CT molecular complexity index is 692. The lowest BCUT2D eigenvalue weighted by Crippen LogP contribution is -2.12. The highest BCUT2D eigenvalue weighted by atomic mass is 32.1. The highest BCUT2D eigenvalue weighted by Gasteiger charge is 2.13. The summed E-state index contributed by atoms with van der Waals surface area (Å²) >= 11 is 1.22. The van der Waals surface area contributed by atoms with Crippen molar-refractivity contribution in [2.75, 3.05) is 11.9 Å². The fraction of sp³-hybridized carbons (Fsp3) is 0.353. The van der Waals surface area contributed by atoms with Crippen molar-refractivity contribution in [2.45, 2.75) is 33.6 Å². The van der Waals surface area contributed by atoms with E-state index in [2.05, 4.69) is 10.3 Å². The summed E-state index contributed by atoms with van der Waals surface area (Å²) in [6, 6.07) is 7.72. The standard InChI is InChI=1S/C17H20N2O3S/c1-4-22-14-8-5-13(6-9-14)7-10-15(21)19-17-18-11(2)16(23-17)12(3)20/h5-6,8-9H,4,7,10H2,1-3H3,(H,18,19,21). The van der Waals surface area contributed by atoms with E-state index in [1.54, 1.807) is 6.92 Å². The Morgan fingerprint density at radius 2 is 1.96 bits per heavy atom. The molecule has 1 aromatic carbocycles. The smallest absolute Gasteiger partial charge is 0.226 e. The third-order valence-electron chi connectivity index (χ3n) is 3.24. The first-order chi connectivity index (χ1) is 11.0. The zero-order valence-corrected chi connectivity index (χ0v) is 14.3. The predicted molar refractivity (Wildman–Crippen MR) is 91.4 cm³/mol. The Morgan fingerprint density at radius 1 is 1.26 bits per heavy atom. The summed E-state index contributed by atoms with van der Waals surface area (Å²) in [5, 5.41) is 3.23. The number of ketones is 1. The van der Waals surface area contributed by atoms with Gasteiger partial charge in [0.2, 0.25) is 5.91 Å². The van der Waals surface area contributed by atoms with Gasteiger partial charge in [-0.2, -0.15) is 0 Å². The van der Waals surface area contributed by atoms with Crippen LogP contribution in [0, 0.1) is 6.92 Å². The number of ether oxygens (including phenoxy) is 1. The summed E-state index contributed by atoms with van der Waals surface area (Å²) < 4.78 is 5.38. The van der Waals surface area contributed by atoms with Crippen LogP contribution in [0.2, 0.25) is 0 Å². The van der Waals surface area contributed by atoms with E-state index in [4.69, 9.17) is 4.74 Å². The molecule has 6 heteroatoms. The molecule has 0 spiro atoms. The number of hydrogen-bond donors (Lipinski definition) is 1. The van der Waals surface area contributed by atoms with E-state index in [9.17, 15) is 9.59 Å². The number of Topliss-reactive ketones (excluding diaryl/α,β-unsaturated/α-hetero) is 1. The molecule has 1 aromatic heterocycles. The molecule has 0 aliphatic heterocycles. The number of rotatable bonds is 7. The lowest BCUT2D eigenvalue weighted by molar-refractivity contribution is -0.116. The maximum Gasteiger partial charge on any atom is 0.226 e. The quantitative estimate of drug-likeness (QED) is 0.786. The van der Waals surface area contributed by atoms with Crippen LogP contribution < -0.4 is 10.1 Å². The maximum absolute atomic E-state index is 12.0.